The number of aromatic nitrogens is 1. The number of fused-ring (bicyclic) bond motifs is 1. The molecule has 0 aliphatic rings. The predicted molar refractivity (Wildman–Crippen MR) is 92.4 cm³/mol. The Hall–Kier alpha value is -2.59. The molecule has 23 heavy (non-hydrogen) atoms. The molecule has 4 nitrogen and oxygen atoms in total. The van der Waals surface area contributed by atoms with Crippen LogP contribution in [-0.2, 0) is 4.74 Å². The number of anilines is 2. The van der Waals surface area contributed by atoms with E-state index >= 15 is 0 Å². The second-order valence-corrected chi connectivity index (χ2v) is 5.40. The van der Waals surface area contributed by atoms with Crippen LogP contribution in [0.4, 0.5) is 11.5 Å². The lowest BCUT2D eigenvalue weighted by molar-refractivity contribution is 0.0526. The Balaban J connectivity index is 1.92. The first-order chi connectivity index (χ1) is 11.2. The number of nitrogens with one attached hydrogen (secondary N) is 1. The van der Waals surface area contributed by atoms with Crippen LogP contribution in [0.5, 0.6) is 0 Å². The third-order valence-electron chi connectivity index (χ3n) is 3.30. The largest absolute Gasteiger partial charge is 0.462 e. The second-order valence-electron chi connectivity index (χ2n) is 4.96. The van der Waals surface area contributed by atoms with Gasteiger partial charge in [-0.2, -0.15) is 0 Å². The summed E-state index contributed by atoms with van der Waals surface area (Å²) in [5, 5.41) is 4.81. The molecule has 116 valence electrons. The molecule has 0 aliphatic heterocycles. The van der Waals surface area contributed by atoms with E-state index < -0.39 is 0 Å². The normalized spacial score (nSPS) is 10.5. The minimum absolute atomic E-state index is 0.343. The van der Waals surface area contributed by atoms with Gasteiger partial charge in [0.05, 0.1) is 17.7 Å². The molecule has 0 bridgehead atoms. The van der Waals surface area contributed by atoms with Crippen molar-refractivity contribution in [3.8, 4) is 0 Å². The third-order valence-corrected chi connectivity index (χ3v) is 3.54. The van der Waals surface area contributed by atoms with Crippen molar-refractivity contribution in [1.29, 1.82) is 0 Å². The summed E-state index contributed by atoms with van der Waals surface area (Å²) in [5.41, 5.74) is 2.07. The Bertz CT molecular complexity index is 865. The number of benzene rings is 2. The zero-order chi connectivity index (χ0) is 16.2. The third kappa shape index (κ3) is 3.60. The van der Waals surface area contributed by atoms with Gasteiger partial charge in [-0.3, -0.25) is 0 Å². The fraction of sp³-hybridized carbons (Fsp3) is 0.111. The lowest BCUT2D eigenvalue weighted by Gasteiger charge is -2.08. The number of nitrogens with zero attached hydrogens (tertiary/aromatic N) is 1. The maximum atomic E-state index is 11.8. The molecule has 0 aliphatic carbocycles. The lowest BCUT2D eigenvalue weighted by Crippen LogP contribution is -2.04. The zero-order valence-electron chi connectivity index (χ0n) is 12.5. The molecule has 0 saturated heterocycles. The summed E-state index contributed by atoms with van der Waals surface area (Å²) in [7, 11) is 0. The van der Waals surface area contributed by atoms with Crippen molar-refractivity contribution in [2.45, 2.75) is 6.92 Å². The van der Waals surface area contributed by atoms with E-state index in [0.717, 1.165) is 16.6 Å². The Labute approximate surface area is 139 Å². The predicted octanol–water partition coefficient (Wildman–Crippen LogP) is 4.81. The summed E-state index contributed by atoms with van der Waals surface area (Å²) in [6.07, 6.45) is 0. The average Bonchev–Trinajstić information content (AvgIpc) is 2.54. The lowest BCUT2D eigenvalue weighted by atomic mass is 10.1. The summed E-state index contributed by atoms with van der Waals surface area (Å²) >= 11 is 5.98. The first-order valence-electron chi connectivity index (χ1n) is 7.26. The molecule has 1 aromatic heterocycles. The highest BCUT2D eigenvalue weighted by atomic mass is 35.5. The van der Waals surface area contributed by atoms with Gasteiger partial charge in [0.25, 0.3) is 0 Å². The van der Waals surface area contributed by atoms with Crippen LogP contribution in [0.25, 0.3) is 10.9 Å². The maximum absolute atomic E-state index is 11.8. The number of hydrogen-bond acceptors (Lipinski definition) is 4. The molecule has 1 N–H and O–H groups in total. The molecule has 3 aromatic rings. The van der Waals surface area contributed by atoms with E-state index in [1.54, 1.807) is 19.1 Å². The molecule has 3 rings (SSSR count). The molecule has 0 spiro atoms. The fourth-order valence-electron chi connectivity index (χ4n) is 2.24. The smallest absolute Gasteiger partial charge is 0.338 e. The number of hydrogen-bond donors (Lipinski definition) is 1. The first-order valence-corrected chi connectivity index (χ1v) is 7.64. The highest BCUT2D eigenvalue weighted by Gasteiger charge is 2.08. The monoisotopic (exact) mass is 326 g/mol. The molecular weight excluding hydrogens is 312 g/mol. The van der Waals surface area contributed by atoms with Gasteiger partial charge >= 0.3 is 5.97 Å². The van der Waals surface area contributed by atoms with Crippen LogP contribution in [0.15, 0.2) is 54.6 Å². The Kier molecular flexibility index (Phi) is 4.44. The quantitative estimate of drug-likeness (QED) is 0.699. The van der Waals surface area contributed by atoms with Crippen LogP contribution in [0, 0.1) is 0 Å². The van der Waals surface area contributed by atoms with Crippen LogP contribution in [0.3, 0.4) is 0 Å². The van der Waals surface area contributed by atoms with Gasteiger partial charge in [0, 0.05) is 16.1 Å². The van der Waals surface area contributed by atoms with Gasteiger partial charge in [0.1, 0.15) is 5.82 Å². The van der Waals surface area contributed by atoms with Crippen molar-refractivity contribution in [1.82, 2.24) is 4.98 Å². The van der Waals surface area contributed by atoms with Crippen LogP contribution < -0.4 is 5.32 Å². The van der Waals surface area contributed by atoms with E-state index in [2.05, 4.69) is 10.3 Å². The van der Waals surface area contributed by atoms with Gasteiger partial charge in [-0.1, -0.05) is 23.7 Å². The number of carbonyl (C=O) groups is 1. The molecule has 0 saturated carbocycles. The van der Waals surface area contributed by atoms with Gasteiger partial charge in [0.15, 0.2) is 0 Å². The van der Waals surface area contributed by atoms with E-state index in [0.29, 0.717) is 23.0 Å². The number of pyridine rings is 1. The summed E-state index contributed by atoms with van der Waals surface area (Å²) in [6, 6.07) is 16.6. The molecule has 2 aromatic carbocycles. The van der Waals surface area contributed by atoms with Crippen molar-refractivity contribution in [3.05, 3.63) is 65.2 Å². The van der Waals surface area contributed by atoms with Crippen molar-refractivity contribution in [2.24, 2.45) is 0 Å². The fourth-order valence-corrected chi connectivity index (χ4v) is 2.43. The van der Waals surface area contributed by atoms with Crippen molar-refractivity contribution < 1.29 is 9.53 Å². The molecule has 0 amide bonds. The van der Waals surface area contributed by atoms with Crippen LogP contribution in [0.2, 0.25) is 5.02 Å². The SMILES string of the molecule is CCOC(=O)c1ccc2ccc(Nc3cccc(Cl)c3)nc2c1. The molecule has 0 atom stereocenters. The number of halogens is 1. The number of ether oxygens (including phenoxy) is 1. The minimum atomic E-state index is -0.343. The summed E-state index contributed by atoms with van der Waals surface area (Å²) in [6.45, 7) is 2.13. The van der Waals surface area contributed by atoms with Gasteiger partial charge in [-0.25, -0.2) is 9.78 Å². The topological polar surface area (TPSA) is 51.2 Å². The van der Waals surface area contributed by atoms with Crippen LogP contribution in [-0.4, -0.2) is 17.6 Å². The summed E-state index contributed by atoms with van der Waals surface area (Å²) < 4.78 is 5.02. The molecule has 0 fully saturated rings. The van der Waals surface area contributed by atoms with Crippen LogP contribution >= 0.6 is 11.6 Å². The first kappa shape index (κ1) is 15.3. The van der Waals surface area contributed by atoms with E-state index in [9.17, 15) is 4.79 Å². The Morgan fingerprint density at radius 2 is 2.00 bits per heavy atom. The molecule has 0 radical (unpaired) electrons. The van der Waals surface area contributed by atoms with Crippen molar-refractivity contribution >= 4 is 40.0 Å². The van der Waals surface area contributed by atoms with Gasteiger partial charge < -0.3 is 10.1 Å². The number of esters is 1. The van der Waals surface area contributed by atoms with E-state index in [1.807, 2.05) is 42.5 Å². The second kappa shape index (κ2) is 6.67. The minimum Gasteiger partial charge on any atom is -0.462 e. The van der Waals surface area contributed by atoms with Crippen molar-refractivity contribution in [3.63, 3.8) is 0 Å². The maximum Gasteiger partial charge on any atom is 0.338 e. The molecule has 1 heterocycles. The molecular formula is C18H15ClN2O2. The molecule has 5 heteroatoms. The summed E-state index contributed by atoms with van der Waals surface area (Å²) in [5.74, 6) is 0.338. The van der Waals surface area contributed by atoms with Crippen molar-refractivity contribution in [2.75, 3.05) is 11.9 Å². The Morgan fingerprint density at radius 3 is 2.78 bits per heavy atom. The average molecular weight is 327 g/mol. The standard InChI is InChI=1S/C18H15ClN2O2/c1-2-23-18(22)13-7-6-12-8-9-17(21-16(12)10-13)20-15-5-3-4-14(19)11-15/h3-11H,2H2,1H3,(H,20,21). The Morgan fingerprint density at radius 1 is 1.17 bits per heavy atom. The van der Waals surface area contributed by atoms with Gasteiger partial charge in [0.2, 0.25) is 0 Å². The van der Waals surface area contributed by atoms with E-state index in [4.69, 9.17) is 16.3 Å². The van der Waals surface area contributed by atoms with Gasteiger partial charge in [-0.05, 0) is 49.4 Å². The zero-order valence-corrected chi connectivity index (χ0v) is 13.3. The van der Waals surface area contributed by atoms with E-state index in [1.165, 1.54) is 0 Å². The van der Waals surface area contributed by atoms with Crippen LogP contribution in [0.1, 0.15) is 17.3 Å². The van der Waals surface area contributed by atoms with Gasteiger partial charge in [-0.15, -0.1) is 0 Å². The van der Waals surface area contributed by atoms with E-state index in [-0.39, 0.29) is 5.97 Å². The summed E-state index contributed by atoms with van der Waals surface area (Å²) in [4.78, 5) is 16.4. The number of rotatable bonds is 4. The number of carbonyl (C=O) groups excluding carboxylic acids is 1. The highest BCUT2D eigenvalue weighted by molar-refractivity contribution is 6.30. The highest BCUT2D eigenvalue weighted by Crippen LogP contribution is 2.22. The molecule has 0 unspecified atom stereocenters.